The van der Waals surface area contributed by atoms with Gasteiger partial charge in [0.15, 0.2) is 0 Å². The lowest BCUT2D eigenvalue weighted by molar-refractivity contribution is 0.255. The maximum atomic E-state index is 13.0. The van der Waals surface area contributed by atoms with Gasteiger partial charge in [-0.3, -0.25) is 14.3 Å². The van der Waals surface area contributed by atoms with Crippen molar-refractivity contribution in [3.8, 4) is 0 Å². The molecule has 1 aromatic carbocycles. The maximum absolute atomic E-state index is 13.0. The van der Waals surface area contributed by atoms with E-state index in [1.54, 1.807) is 0 Å². The molecule has 2 aromatic heterocycles. The molecule has 4 heterocycles. The lowest BCUT2D eigenvalue weighted by Gasteiger charge is -2.28. The number of aromatic nitrogens is 3. The quantitative estimate of drug-likeness (QED) is 0.706. The van der Waals surface area contributed by atoms with Crippen LogP contribution in [0.2, 0.25) is 0 Å². The molecule has 0 aliphatic carbocycles. The summed E-state index contributed by atoms with van der Waals surface area (Å²) < 4.78 is 4.27. The number of nitrogens with zero attached hydrogens (tertiary/aromatic N) is 4. The van der Waals surface area contributed by atoms with Crippen molar-refractivity contribution < 1.29 is 0 Å². The highest BCUT2D eigenvalue weighted by atomic mass is 16.1. The van der Waals surface area contributed by atoms with Crippen LogP contribution in [-0.4, -0.2) is 32.1 Å². The van der Waals surface area contributed by atoms with E-state index < -0.39 is 0 Å². The average Bonchev–Trinajstić information content (AvgIpc) is 3.00. The fraction of sp³-hybridized carbons (Fsp3) is 0.478. The van der Waals surface area contributed by atoms with E-state index in [1.165, 1.54) is 22.2 Å². The van der Waals surface area contributed by atoms with Gasteiger partial charge >= 0.3 is 0 Å². The van der Waals surface area contributed by atoms with E-state index in [1.807, 2.05) is 11.5 Å². The zero-order valence-electron chi connectivity index (χ0n) is 16.9. The first-order chi connectivity index (χ1) is 13.6. The minimum atomic E-state index is 0.199. The minimum absolute atomic E-state index is 0.199. The molecule has 146 valence electrons. The first kappa shape index (κ1) is 17.7. The lowest BCUT2D eigenvalue weighted by Crippen LogP contribution is -2.36. The van der Waals surface area contributed by atoms with Crippen molar-refractivity contribution in [2.45, 2.75) is 52.1 Å². The van der Waals surface area contributed by atoms with Crippen LogP contribution in [0.3, 0.4) is 0 Å². The predicted octanol–water partition coefficient (Wildman–Crippen LogP) is 2.98. The predicted molar refractivity (Wildman–Crippen MR) is 112 cm³/mol. The summed E-state index contributed by atoms with van der Waals surface area (Å²) in [5.41, 5.74) is 6.29. The highest BCUT2D eigenvalue weighted by Gasteiger charge is 2.23. The number of rotatable bonds is 3. The number of hydrogen-bond donors (Lipinski definition) is 0. The van der Waals surface area contributed by atoms with E-state index in [0.29, 0.717) is 0 Å². The molecule has 3 aromatic rings. The van der Waals surface area contributed by atoms with Crippen molar-refractivity contribution in [1.29, 1.82) is 0 Å². The topological polar surface area (TPSA) is 43.1 Å². The van der Waals surface area contributed by atoms with Gasteiger partial charge in [0.25, 0.3) is 5.56 Å². The molecule has 5 nitrogen and oxygen atoms in total. The summed E-state index contributed by atoms with van der Waals surface area (Å²) in [6.07, 6.45) is 5.03. The molecule has 5 rings (SSSR count). The first-order valence-electron chi connectivity index (χ1n) is 10.5. The van der Waals surface area contributed by atoms with Gasteiger partial charge in [0.1, 0.15) is 5.82 Å². The monoisotopic (exact) mass is 376 g/mol. The highest BCUT2D eigenvalue weighted by molar-refractivity contribution is 5.85. The number of benzene rings is 1. The molecule has 2 aliphatic heterocycles. The normalized spacial score (nSPS) is 16.9. The third-order valence-electron chi connectivity index (χ3n) is 6.65. The van der Waals surface area contributed by atoms with Crippen molar-refractivity contribution in [1.82, 2.24) is 19.0 Å². The van der Waals surface area contributed by atoms with Crippen molar-refractivity contribution >= 4 is 10.9 Å². The second-order valence-electron chi connectivity index (χ2n) is 8.28. The Hall–Kier alpha value is -2.40. The van der Waals surface area contributed by atoms with Crippen LogP contribution in [0.1, 0.15) is 41.2 Å². The number of hydrogen-bond acceptors (Lipinski definition) is 3. The molecule has 28 heavy (non-hydrogen) atoms. The van der Waals surface area contributed by atoms with Crippen LogP contribution < -0.4 is 5.56 Å². The van der Waals surface area contributed by atoms with Crippen molar-refractivity contribution in [3.05, 3.63) is 63.0 Å². The van der Waals surface area contributed by atoms with E-state index in [0.717, 1.165) is 75.4 Å². The standard InChI is InChI=1S/C23H28N4O/c1-16-17(23(28)27-12-6-5-9-22(27)24-16)10-13-26-14-11-21-19(15-26)18-7-3-4-8-20(18)25(21)2/h3-4,7-8H,5-6,9-15H2,1-2H3. The molecule has 0 N–H and O–H groups in total. The summed E-state index contributed by atoms with van der Waals surface area (Å²) in [5, 5.41) is 1.37. The minimum Gasteiger partial charge on any atom is -0.347 e. The Kier molecular flexibility index (Phi) is 4.35. The Morgan fingerprint density at radius 3 is 2.86 bits per heavy atom. The lowest BCUT2D eigenvalue weighted by atomic mass is 10.0. The molecule has 0 spiro atoms. The van der Waals surface area contributed by atoms with Gasteiger partial charge in [-0.15, -0.1) is 0 Å². The van der Waals surface area contributed by atoms with Gasteiger partial charge in [0.2, 0.25) is 0 Å². The molecular weight excluding hydrogens is 348 g/mol. The summed E-state index contributed by atoms with van der Waals surface area (Å²) in [6.45, 7) is 5.77. The Morgan fingerprint density at radius 1 is 1.11 bits per heavy atom. The Labute approximate surface area is 165 Å². The molecule has 0 radical (unpaired) electrons. The molecule has 2 aliphatic rings. The number of fused-ring (bicyclic) bond motifs is 4. The average molecular weight is 377 g/mol. The van der Waals surface area contributed by atoms with Crippen LogP contribution in [-0.2, 0) is 39.4 Å². The molecule has 0 unspecified atom stereocenters. The van der Waals surface area contributed by atoms with Crippen molar-refractivity contribution in [2.24, 2.45) is 7.05 Å². The van der Waals surface area contributed by atoms with E-state index in [2.05, 4.69) is 40.8 Å². The van der Waals surface area contributed by atoms with Gasteiger partial charge in [-0.1, -0.05) is 18.2 Å². The van der Waals surface area contributed by atoms with Crippen LogP contribution in [0.25, 0.3) is 10.9 Å². The zero-order chi connectivity index (χ0) is 19.3. The second kappa shape index (κ2) is 6.89. The smallest absolute Gasteiger partial charge is 0.256 e. The highest BCUT2D eigenvalue weighted by Crippen LogP contribution is 2.30. The Balaban J connectivity index is 1.38. The first-order valence-corrected chi connectivity index (χ1v) is 10.5. The third kappa shape index (κ3) is 2.80. The van der Waals surface area contributed by atoms with E-state index in [4.69, 9.17) is 4.98 Å². The molecule has 0 atom stereocenters. The zero-order valence-corrected chi connectivity index (χ0v) is 16.9. The van der Waals surface area contributed by atoms with Gasteiger partial charge in [-0.2, -0.15) is 0 Å². The molecule has 0 saturated heterocycles. The fourth-order valence-electron chi connectivity index (χ4n) is 5.07. The van der Waals surface area contributed by atoms with E-state index in [9.17, 15) is 4.79 Å². The summed E-state index contributed by atoms with van der Waals surface area (Å²) in [7, 11) is 2.18. The van der Waals surface area contributed by atoms with E-state index in [-0.39, 0.29) is 5.56 Å². The van der Waals surface area contributed by atoms with Crippen LogP contribution in [0.4, 0.5) is 0 Å². The summed E-state index contributed by atoms with van der Waals surface area (Å²) >= 11 is 0. The maximum Gasteiger partial charge on any atom is 0.256 e. The molecular formula is C23H28N4O. The number of aryl methyl sites for hydroxylation is 3. The molecule has 0 saturated carbocycles. The second-order valence-corrected chi connectivity index (χ2v) is 8.28. The van der Waals surface area contributed by atoms with Crippen LogP contribution in [0.5, 0.6) is 0 Å². The van der Waals surface area contributed by atoms with Gasteiger partial charge < -0.3 is 4.57 Å². The molecule has 0 bridgehead atoms. The Morgan fingerprint density at radius 2 is 1.96 bits per heavy atom. The Bertz CT molecular complexity index is 1110. The molecule has 0 fully saturated rings. The van der Waals surface area contributed by atoms with Gasteiger partial charge in [0.05, 0.1) is 0 Å². The number of para-hydroxylation sites is 1. The summed E-state index contributed by atoms with van der Waals surface area (Å²) in [5.74, 6) is 0.982. The van der Waals surface area contributed by atoms with Crippen LogP contribution >= 0.6 is 0 Å². The van der Waals surface area contributed by atoms with Crippen LogP contribution in [0.15, 0.2) is 29.1 Å². The fourth-order valence-corrected chi connectivity index (χ4v) is 5.07. The molecule has 0 amide bonds. The largest absolute Gasteiger partial charge is 0.347 e. The van der Waals surface area contributed by atoms with Crippen LogP contribution in [0, 0.1) is 6.92 Å². The summed E-state index contributed by atoms with van der Waals surface area (Å²) in [4.78, 5) is 20.2. The SMILES string of the molecule is Cc1nc2n(c(=O)c1CCN1CCc3c(c4ccccc4n3C)C1)CCCC2. The summed E-state index contributed by atoms with van der Waals surface area (Å²) in [6, 6.07) is 8.69. The molecule has 5 heteroatoms. The van der Waals surface area contributed by atoms with Gasteiger partial charge in [-0.25, -0.2) is 4.98 Å². The van der Waals surface area contributed by atoms with Gasteiger partial charge in [-0.05, 0) is 37.8 Å². The third-order valence-corrected chi connectivity index (χ3v) is 6.65. The van der Waals surface area contributed by atoms with Gasteiger partial charge in [0, 0.05) is 73.9 Å². The van der Waals surface area contributed by atoms with Crippen molar-refractivity contribution in [3.63, 3.8) is 0 Å². The van der Waals surface area contributed by atoms with E-state index >= 15 is 0 Å². The van der Waals surface area contributed by atoms with Crippen molar-refractivity contribution in [2.75, 3.05) is 13.1 Å².